The second-order valence-corrected chi connectivity index (χ2v) is 8.74. The molecule has 3 aliphatic rings. The molecule has 1 aliphatic heterocycles. The van der Waals surface area contributed by atoms with Gasteiger partial charge in [-0.15, -0.1) is 0 Å². The van der Waals surface area contributed by atoms with Crippen LogP contribution >= 0.6 is 0 Å². The van der Waals surface area contributed by atoms with E-state index >= 15 is 0 Å². The van der Waals surface area contributed by atoms with E-state index in [1.807, 2.05) is 32.1 Å². The third-order valence-electron chi connectivity index (χ3n) is 5.50. The molecule has 1 saturated carbocycles. The molecule has 120 valence electrons. The van der Waals surface area contributed by atoms with Crippen molar-refractivity contribution >= 4 is 15.8 Å². The van der Waals surface area contributed by atoms with Crippen LogP contribution in [0.4, 0.5) is 0 Å². The number of nitrogens with zero attached hydrogens (tertiary/aromatic N) is 1. The van der Waals surface area contributed by atoms with Gasteiger partial charge in [-0.3, -0.25) is 4.79 Å². The lowest BCUT2D eigenvalue weighted by atomic mass is 9.55. The number of ketones is 1. The molecule has 1 heterocycles. The molecule has 1 aromatic rings. The van der Waals surface area contributed by atoms with Crippen LogP contribution in [0.3, 0.4) is 0 Å². The molecule has 23 heavy (non-hydrogen) atoms. The molecule has 0 spiro atoms. The van der Waals surface area contributed by atoms with E-state index in [9.17, 15) is 13.2 Å². The van der Waals surface area contributed by atoms with Crippen molar-refractivity contribution < 1.29 is 13.2 Å². The van der Waals surface area contributed by atoms with Crippen LogP contribution < -0.4 is 0 Å². The van der Waals surface area contributed by atoms with E-state index in [2.05, 4.69) is 0 Å². The predicted octanol–water partition coefficient (Wildman–Crippen LogP) is 2.46. The van der Waals surface area contributed by atoms with Crippen molar-refractivity contribution in [3.63, 3.8) is 0 Å². The molecule has 0 bridgehead atoms. The Morgan fingerprint density at radius 2 is 1.91 bits per heavy atom. The fraction of sp³-hybridized carbons (Fsp3) is 0.389. The van der Waals surface area contributed by atoms with Crippen LogP contribution in [0.15, 0.2) is 53.0 Å². The van der Waals surface area contributed by atoms with Gasteiger partial charge in [0.2, 0.25) is 10.0 Å². The first-order valence-corrected chi connectivity index (χ1v) is 9.29. The molecular formula is C18H19NO3S. The van der Waals surface area contributed by atoms with E-state index in [1.165, 1.54) is 5.57 Å². The quantitative estimate of drug-likeness (QED) is 0.783. The van der Waals surface area contributed by atoms with Crippen LogP contribution in [0.1, 0.15) is 18.9 Å². The average Bonchev–Trinajstić information content (AvgIpc) is 2.46. The summed E-state index contributed by atoms with van der Waals surface area (Å²) in [5, 5.41) is 0. The van der Waals surface area contributed by atoms with E-state index < -0.39 is 15.6 Å². The van der Waals surface area contributed by atoms with E-state index in [0.717, 1.165) is 12.0 Å². The topological polar surface area (TPSA) is 54.5 Å². The van der Waals surface area contributed by atoms with E-state index in [0.29, 0.717) is 11.4 Å². The zero-order valence-corrected chi connectivity index (χ0v) is 14.0. The van der Waals surface area contributed by atoms with Crippen LogP contribution in [0.25, 0.3) is 0 Å². The summed E-state index contributed by atoms with van der Waals surface area (Å²) in [6.45, 7) is 4.23. The van der Waals surface area contributed by atoms with E-state index in [4.69, 9.17) is 0 Å². The standard InChI is InChI=1S/C18H19NO3S/c1-12-3-5-14(6-4-12)23(21,22)19-10-8-13-11-15-16(20)7-9-18(19,2)17(13)15/h3-9,15,17H,10-11H2,1-2H3/t15-,17-,18+/m0/s1. The maximum Gasteiger partial charge on any atom is 0.244 e. The largest absolute Gasteiger partial charge is 0.295 e. The molecular weight excluding hydrogens is 310 g/mol. The van der Waals surface area contributed by atoms with Gasteiger partial charge >= 0.3 is 0 Å². The Kier molecular flexibility index (Phi) is 3.00. The predicted molar refractivity (Wildman–Crippen MR) is 87.3 cm³/mol. The lowest BCUT2D eigenvalue weighted by Gasteiger charge is -2.56. The molecule has 4 nitrogen and oxygen atoms in total. The molecule has 0 saturated heterocycles. The highest BCUT2D eigenvalue weighted by molar-refractivity contribution is 7.89. The molecule has 3 atom stereocenters. The number of carbonyl (C=O) groups is 1. The van der Waals surface area contributed by atoms with Crippen molar-refractivity contribution in [3.05, 3.63) is 53.6 Å². The normalized spacial score (nSPS) is 33.0. The van der Waals surface area contributed by atoms with Gasteiger partial charge in [0, 0.05) is 18.4 Å². The minimum absolute atomic E-state index is 0.00558. The number of hydrogen-bond acceptors (Lipinski definition) is 3. The van der Waals surface area contributed by atoms with Crippen molar-refractivity contribution in [2.45, 2.75) is 30.7 Å². The van der Waals surface area contributed by atoms with Gasteiger partial charge in [-0.1, -0.05) is 35.4 Å². The Balaban J connectivity index is 1.81. The number of allylic oxidation sites excluding steroid dienone is 1. The lowest BCUT2D eigenvalue weighted by Crippen LogP contribution is -2.63. The van der Waals surface area contributed by atoms with Crippen molar-refractivity contribution in [1.82, 2.24) is 4.31 Å². The highest BCUT2D eigenvalue weighted by Gasteiger charge is 2.58. The van der Waals surface area contributed by atoms with Crippen molar-refractivity contribution in [1.29, 1.82) is 0 Å². The number of carbonyl (C=O) groups excluding carboxylic acids is 1. The molecule has 5 heteroatoms. The Bertz CT molecular complexity index is 851. The van der Waals surface area contributed by atoms with Crippen molar-refractivity contribution in [2.24, 2.45) is 11.8 Å². The van der Waals surface area contributed by atoms with Crippen LogP contribution in [-0.4, -0.2) is 30.6 Å². The maximum atomic E-state index is 13.1. The van der Waals surface area contributed by atoms with Gasteiger partial charge in [0.05, 0.1) is 10.4 Å². The van der Waals surface area contributed by atoms with Gasteiger partial charge < -0.3 is 0 Å². The first-order chi connectivity index (χ1) is 10.8. The second-order valence-electron chi connectivity index (χ2n) is 6.88. The summed E-state index contributed by atoms with van der Waals surface area (Å²) in [6, 6.07) is 6.94. The first kappa shape index (κ1) is 14.8. The molecule has 0 radical (unpaired) electrons. The Morgan fingerprint density at radius 3 is 2.61 bits per heavy atom. The summed E-state index contributed by atoms with van der Waals surface area (Å²) in [4.78, 5) is 12.3. The van der Waals surface area contributed by atoms with Gasteiger partial charge in [0.1, 0.15) is 0 Å². The number of aryl methyl sites for hydroxylation is 1. The summed E-state index contributed by atoms with van der Waals surface area (Å²) in [5.74, 6) is 0.0560. The van der Waals surface area contributed by atoms with Crippen molar-refractivity contribution in [2.75, 3.05) is 6.54 Å². The molecule has 0 N–H and O–H groups in total. The zero-order valence-electron chi connectivity index (χ0n) is 13.2. The van der Waals surface area contributed by atoms with Gasteiger partial charge in [-0.25, -0.2) is 8.42 Å². The van der Waals surface area contributed by atoms with E-state index in [1.54, 1.807) is 28.6 Å². The smallest absolute Gasteiger partial charge is 0.244 e. The van der Waals surface area contributed by atoms with E-state index in [-0.39, 0.29) is 17.6 Å². The number of sulfonamides is 1. The van der Waals surface area contributed by atoms with Crippen molar-refractivity contribution in [3.8, 4) is 0 Å². The third-order valence-corrected chi connectivity index (χ3v) is 7.49. The fourth-order valence-electron chi connectivity index (χ4n) is 4.16. The van der Waals surface area contributed by atoms with Crippen LogP contribution in [-0.2, 0) is 14.8 Å². The molecule has 1 aromatic carbocycles. The Hall–Kier alpha value is -1.72. The highest BCUT2D eigenvalue weighted by atomic mass is 32.2. The summed E-state index contributed by atoms with van der Waals surface area (Å²) in [7, 11) is -3.60. The highest BCUT2D eigenvalue weighted by Crippen LogP contribution is 2.55. The molecule has 0 unspecified atom stereocenters. The van der Waals surface area contributed by atoms with Gasteiger partial charge in [-0.05, 0) is 38.5 Å². The molecule has 1 fully saturated rings. The fourth-order valence-corrected chi connectivity index (χ4v) is 5.86. The van der Waals surface area contributed by atoms with Gasteiger partial charge in [0.25, 0.3) is 0 Å². The van der Waals surface area contributed by atoms with Crippen LogP contribution in [0.5, 0.6) is 0 Å². The average molecular weight is 329 g/mol. The summed E-state index contributed by atoms with van der Waals surface area (Å²) >= 11 is 0. The van der Waals surface area contributed by atoms with Gasteiger partial charge in [-0.2, -0.15) is 4.31 Å². The Labute approximate surface area is 136 Å². The SMILES string of the molecule is Cc1ccc(S(=O)(=O)N2CC=C3C[C@H]4C(=O)C=C[C@]2(C)[C@@H]34)cc1. The molecule has 0 amide bonds. The van der Waals surface area contributed by atoms with Crippen LogP contribution in [0, 0.1) is 18.8 Å². The summed E-state index contributed by atoms with van der Waals surface area (Å²) < 4.78 is 27.8. The second kappa shape index (κ2) is 4.65. The molecule has 0 aromatic heterocycles. The summed E-state index contributed by atoms with van der Waals surface area (Å²) in [5.41, 5.74) is 1.61. The minimum Gasteiger partial charge on any atom is -0.295 e. The maximum absolute atomic E-state index is 13.1. The molecule has 4 rings (SSSR count). The Morgan fingerprint density at radius 1 is 1.22 bits per heavy atom. The van der Waals surface area contributed by atoms with Gasteiger partial charge in [0.15, 0.2) is 5.78 Å². The number of rotatable bonds is 2. The summed E-state index contributed by atoms with van der Waals surface area (Å²) in [6.07, 6.45) is 6.12. The third kappa shape index (κ3) is 1.93. The molecule has 2 aliphatic carbocycles. The minimum atomic E-state index is -3.60. The zero-order chi connectivity index (χ0) is 16.4. The lowest BCUT2D eigenvalue weighted by molar-refractivity contribution is -0.124. The number of hydrogen-bond donors (Lipinski definition) is 0. The number of benzene rings is 1. The monoisotopic (exact) mass is 329 g/mol. The van der Waals surface area contributed by atoms with Crippen LogP contribution in [0.2, 0.25) is 0 Å². The first-order valence-electron chi connectivity index (χ1n) is 7.85.